The topological polar surface area (TPSA) is 108 Å². The average molecular weight is 410 g/mol. The van der Waals surface area contributed by atoms with Crippen molar-refractivity contribution in [3.05, 3.63) is 0 Å². The number of phosphoric acid groups is 1. The van der Waals surface area contributed by atoms with E-state index in [9.17, 15) is 19.0 Å². The maximum Gasteiger partial charge on any atom is 0.472 e. The summed E-state index contributed by atoms with van der Waals surface area (Å²) in [5.74, 6) is -0.395. The van der Waals surface area contributed by atoms with E-state index < -0.39 is 7.82 Å². The summed E-state index contributed by atoms with van der Waals surface area (Å²) in [7, 11) is -3.99. The molecule has 0 aliphatic rings. The summed E-state index contributed by atoms with van der Waals surface area (Å²) in [6, 6.07) is 0. The molecule has 0 aromatic carbocycles. The third kappa shape index (κ3) is 18.2. The third-order valence-corrected chi connectivity index (χ3v) is 4.71. The molecule has 0 unspecified atom stereocenters. The van der Waals surface area contributed by atoms with Gasteiger partial charge >= 0.3 is 19.8 Å². The molecule has 0 rings (SSSR count). The second kappa shape index (κ2) is 17.2. The summed E-state index contributed by atoms with van der Waals surface area (Å²) in [5.41, 5.74) is 0. The Hall–Kier alpha value is -0.950. The van der Waals surface area contributed by atoms with E-state index in [1.807, 2.05) is 0 Å². The van der Waals surface area contributed by atoms with E-state index in [1.54, 1.807) is 13.8 Å². The molecular formula is C18H35O8P. The highest BCUT2D eigenvalue weighted by molar-refractivity contribution is 7.47. The first-order valence-corrected chi connectivity index (χ1v) is 11.3. The zero-order valence-corrected chi connectivity index (χ0v) is 17.5. The highest BCUT2D eigenvalue weighted by atomic mass is 31.2. The Morgan fingerprint density at radius 3 is 1.33 bits per heavy atom. The Labute approximate surface area is 162 Å². The number of ether oxygens (including phenoxy) is 2. The van der Waals surface area contributed by atoms with Gasteiger partial charge in [0.1, 0.15) is 0 Å². The monoisotopic (exact) mass is 410 g/mol. The molecule has 0 aromatic rings. The standard InChI is InChI=1S/C18H35O8P/c1-3-17(19)23-13-9-5-7-11-15-25-27(21,22)26-16-12-8-6-10-14-24-18(20)4-2/h3-16H2,1-2H3,(H,21,22). The molecule has 0 fully saturated rings. The molecule has 0 heterocycles. The van der Waals surface area contributed by atoms with Gasteiger partial charge in [-0.1, -0.05) is 26.7 Å². The molecule has 27 heavy (non-hydrogen) atoms. The van der Waals surface area contributed by atoms with Crippen molar-refractivity contribution in [1.29, 1.82) is 0 Å². The predicted octanol–water partition coefficient (Wildman–Crippen LogP) is 4.15. The molecule has 0 bridgehead atoms. The molecule has 0 aliphatic heterocycles. The lowest BCUT2D eigenvalue weighted by molar-refractivity contribution is -0.144. The molecule has 0 atom stereocenters. The van der Waals surface area contributed by atoms with Gasteiger partial charge in [0.25, 0.3) is 0 Å². The van der Waals surface area contributed by atoms with Crippen molar-refractivity contribution >= 4 is 19.8 Å². The molecule has 160 valence electrons. The number of rotatable bonds is 18. The average Bonchev–Trinajstić information content (AvgIpc) is 2.65. The lowest BCUT2D eigenvalue weighted by Gasteiger charge is -2.12. The van der Waals surface area contributed by atoms with Crippen molar-refractivity contribution < 1.29 is 37.6 Å². The van der Waals surface area contributed by atoms with Crippen LogP contribution in [-0.2, 0) is 32.7 Å². The Kier molecular flexibility index (Phi) is 16.6. The van der Waals surface area contributed by atoms with E-state index in [2.05, 4.69) is 0 Å². The van der Waals surface area contributed by atoms with E-state index in [4.69, 9.17) is 18.5 Å². The van der Waals surface area contributed by atoms with Gasteiger partial charge in [-0.15, -0.1) is 0 Å². The summed E-state index contributed by atoms with van der Waals surface area (Å²) in [6.45, 7) is 4.65. The largest absolute Gasteiger partial charge is 0.472 e. The fraction of sp³-hybridized carbons (Fsp3) is 0.889. The van der Waals surface area contributed by atoms with Crippen LogP contribution in [0.5, 0.6) is 0 Å². The van der Waals surface area contributed by atoms with Gasteiger partial charge in [-0.25, -0.2) is 4.57 Å². The number of hydrogen-bond acceptors (Lipinski definition) is 7. The van der Waals surface area contributed by atoms with Crippen LogP contribution in [0.15, 0.2) is 0 Å². The first-order chi connectivity index (χ1) is 12.9. The number of phosphoric ester groups is 1. The maximum absolute atomic E-state index is 11.7. The van der Waals surface area contributed by atoms with E-state index >= 15 is 0 Å². The molecule has 9 heteroatoms. The number of carbonyl (C=O) groups excluding carboxylic acids is 2. The molecule has 0 amide bonds. The molecule has 8 nitrogen and oxygen atoms in total. The van der Waals surface area contributed by atoms with Crippen LogP contribution < -0.4 is 0 Å². The first-order valence-electron chi connectivity index (χ1n) is 9.84. The van der Waals surface area contributed by atoms with Crippen molar-refractivity contribution in [2.45, 2.75) is 78.1 Å². The van der Waals surface area contributed by atoms with Crippen LogP contribution >= 0.6 is 7.82 Å². The Bertz CT molecular complexity index is 405. The zero-order valence-electron chi connectivity index (χ0n) is 16.7. The second-order valence-electron chi connectivity index (χ2n) is 6.11. The molecule has 0 aliphatic carbocycles. The molecule has 0 saturated carbocycles. The molecule has 0 spiro atoms. The van der Waals surface area contributed by atoms with Gasteiger partial charge in [-0.3, -0.25) is 18.6 Å². The summed E-state index contributed by atoms with van der Waals surface area (Å²) < 4.78 is 31.5. The minimum absolute atomic E-state index is 0.158. The van der Waals surface area contributed by atoms with Crippen LogP contribution in [0.25, 0.3) is 0 Å². The number of esters is 2. The Balaban J connectivity index is 3.44. The maximum atomic E-state index is 11.7. The van der Waals surface area contributed by atoms with Gasteiger partial charge in [-0.05, 0) is 38.5 Å². The van der Waals surface area contributed by atoms with E-state index in [1.165, 1.54) is 0 Å². The second-order valence-corrected chi connectivity index (χ2v) is 7.56. The molecule has 1 N–H and O–H groups in total. The molecule has 0 saturated heterocycles. The highest BCUT2D eigenvalue weighted by Gasteiger charge is 2.19. The number of hydrogen-bond donors (Lipinski definition) is 1. The van der Waals surface area contributed by atoms with E-state index in [0.29, 0.717) is 38.9 Å². The van der Waals surface area contributed by atoms with Crippen LogP contribution in [0.3, 0.4) is 0 Å². The van der Waals surface area contributed by atoms with Crippen LogP contribution in [0.1, 0.15) is 78.1 Å². The van der Waals surface area contributed by atoms with Crippen LogP contribution in [0.4, 0.5) is 0 Å². The SMILES string of the molecule is CCC(=O)OCCCCCCOP(=O)(O)OCCCCCCOC(=O)CC. The fourth-order valence-electron chi connectivity index (χ4n) is 2.09. The Morgan fingerprint density at radius 1 is 0.667 bits per heavy atom. The summed E-state index contributed by atoms with van der Waals surface area (Å²) in [5, 5.41) is 0. The van der Waals surface area contributed by atoms with Gasteiger partial charge in [-0.2, -0.15) is 0 Å². The van der Waals surface area contributed by atoms with Gasteiger partial charge in [0.05, 0.1) is 26.4 Å². The third-order valence-electron chi connectivity index (χ3n) is 3.69. The molecule has 0 aromatic heterocycles. The minimum atomic E-state index is -3.99. The van der Waals surface area contributed by atoms with Gasteiger partial charge in [0, 0.05) is 12.8 Å². The normalized spacial score (nSPS) is 11.4. The van der Waals surface area contributed by atoms with Gasteiger partial charge in [0.15, 0.2) is 0 Å². The number of carbonyl (C=O) groups is 2. The smallest absolute Gasteiger partial charge is 0.466 e. The van der Waals surface area contributed by atoms with Crippen molar-refractivity contribution in [2.24, 2.45) is 0 Å². The molecular weight excluding hydrogens is 375 g/mol. The quantitative estimate of drug-likeness (QED) is 0.204. The van der Waals surface area contributed by atoms with Crippen molar-refractivity contribution in [2.75, 3.05) is 26.4 Å². The van der Waals surface area contributed by atoms with Gasteiger partial charge in [0.2, 0.25) is 0 Å². The summed E-state index contributed by atoms with van der Waals surface area (Å²) >= 11 is 0. The van der Waals surface area contributed by atoms with Crippen LogP contribution in [0, 0.1) is 0 Å². The van der Waals surface area contributed by atoms with Gasteiger partial charge < -0.3 is 14.4 Å². The lowest BCUT2D eigenvalue weighted by atomic mass is 10.2. The van der Waals surface area contributed by atoms with Crippen LogP contribution in [0.2, 0.25) is 0 Å². The first kappa shape index (κ1) is 26.1. The minimum Gasteiger partial charge on any atom is -0.466 e. The van der Waals surface area contributed by atoms with Crippen LogP contribution in [-0.4, -0.2) is 43.3 Å². The highest BCUT2D eigenvalue weighted by Crippen LogP contribution is 2.43. The number of unbranched alkanes of at least 4 members (excludes halogenated alkanes) is 6. The Morgan fingerprint density at radius 2 is 1.00 bits per heavy atom. The van der Waals surface area contributed by atoms with E-state index in [0.717, 1.165) is 38.5 Å². The predicted molar refractivity (Wildman–Crippen MR) is 101 cm³/mol. The summed E-state index contributed by atoms with van der Waals surface area (Å²) in [4.78, 5) is 31.4. The lowest BCUT2D eigenvalue weighted by Crippen LogP contribution is -2.04. The summed E-state index contributed by atoms with van der Waals surface area (Å²) in [6.07, 6.45) is 6.99. The fourth-order valence-corrected chi connectivity index (χ4v) is 2.88. The van der Waals surface area contributed by atoms with Crippen molar-refractivity contribution in [3.63, 3.8) is 0 Å². The zero-order chi connectivity index (χ0) is 20.4. The van der Waals surface area contributed by atoms with Crippen molar-refractivity contribution in [1.82, 2.24) is 0 Å². The van der Waals surface area contributed by atoms with E-state index in [-0.39, 0.29) is 25.2 Å². The molecule has 0 radical (unpaired) electrons. The van der Waals surface area contributed by atoms with Crippen molar-refractivity contribution in [3.8, 4) is 0 Å².